The molecule has 0 radical (unpaired) electrons. The van der Waals surface area contributed by atoms with Gasteiger partial charge < -0.3 is 4.98 Å². The van der Waals surface area contributed by atoms with Crippen LogP contribution in [-0.4, -0.2) is 19.2 Å². The summed E-state index contributed by atoms with van der Waals surface area (Å²) in [5.74, 6) is -0.435. The van der Waals surface area contributed by atoms with Crippen LogP contribution in [0.4, 0.5) is 26.3 Å². The Labute approximate surface area is 186 Å². The Morgan fingerprint density at radius 2 is 1.67 bits per heavy atom. The molecule has 13 heteroatoms. The lowest BCUT2D eigenvalue weighted by molar-refractivity contribution is -0.138. The number of sulfone groups is 1. The van der Waals surface area contributed by atoms with Crippen LogP contribution in [0.15, 0.2) is 45.4 Å². The minimum absolute atomic E-state index is 0.0643. The topological polar surface area (TPSA) is 90.8 Å². The van der Waals surface area contributed by atoms with Gasteiger partial charge in [-0.05, 0) is 46.8 Å². The van der Waals surface area contributed by atoms with Gasteiger partial charge in [0.2, 0.25) is 0 Å². The molecule has 33 heavy (non-hydrogen) atoms. The first kappa shape index (κ1) is 24.5. The first-order chi connectivity index (χ1) is 15.2. The molecule has 0 fully saturated rings. The smallest absolute Gasteiger partial charge is 0.320 e. The van der Waals surface area contributed by atoms with Gasteiger partial charge in [-0.2, -0.15) is 31.6 Å². The average Bonchev–Trinajstić information content (AvgIpc) is 3.22. The number of nitriles is 1. The van der Waals surface area contributed by atoms with Crippen LogP contribution in [0.2, 0.25) is 0 Å². The van der Waals surface area contributed by atoms with Crippen LogP contribution in [0.5, 0.6) is 0 Å². The third-order valence-corrected chi connectivity index (χ3v) is 7.30. The fourth-order valence-corrected chi connectivity index (χ4v) is 4.77. The maximum Gasteiger partial charge on any atom is 0.417 e. The first-order valence-corrected chi connectivity index (χ1v) is 11.5. The van der Waals surface area contributed by atoms with Crippen LogP contribution < -0.4 is 5.56 Å². The van der Waals surface area contributed by atoms with E-state index in [1.54, 1.807) is 0 Å². The molecule has 174 valence electrons. The van der Waals surface area contributed by atoms with Crippen molar-refractivity contribution in [2.45, 2.75) is 24.2 Å². The van der Waals surface area contributed by atoms with Gasteiger partial charge in [0, 0.05) is 0 Å². The van der Waals surface area contributed by atoms with E-state index in [2.05, 4.69) is 4.98 Å². The normalized spacial score (nSPS) is 12.5. The van der Waals surface area contributed by atoms with Crippen molar-refractivity contribution < 1.29 is 34.8 Å². The summed E-state index contributed by atoms with van der Waals surface area (Å²) in [6.07, 6.45) is -9.83. The van der Waals surface area contributed by atoms with E-state index in [4.69, 9.17) is 5.26 Å². The molecule has 0 atom stereocenters. The quantitative estimate of drug-likeness (QED) is 0.475. The molecule has 2 aromatic heterocycles. The number of nitrogens with zero attached hydrogens (tertiary/aromatic N) is 1. The number of thiophene rings is 1. The van der Waals surface area contributed by atoms with E-state index in [-0.39, 0.29) is 21.7 Å². The Kier molecular flexibility index (Phi) is 6.20. The minimum Gasteiger partial charge on any atom is -0.320 e. The van der Waals surface area contributed by atoms with E-state index in [9.17, 15) is 39.6 Å². The van der Waals surface area contributed by atoms with Crippen LogP contribution in [0.1, 0.15) is 23.6 Å². The van der Waals surface area contributed by atoms with E-state index in [0.29, 0.717) is 12.1 Å². The Bertz CT molecular complexity index is 1430. The summed E-state index contributed by atoms with van der Waals surface area (Å²) in [7, 11) is -3.99. The van der Waals surface area contributed by atoms with Gasteiger partial charge in [0.25, 0.3) is 5.56 Å². The van der Waals surface area contributed by atoms with E-state index in [1.807, 2.05) is 0 Å². The van der Waals surface area contributed by atoms with Crippen LogP contribution in [-0.2, 0) is 22.2 Å². The molecule has 1 N–H and O–H groups in total. The van der Waals surface area contributed by atoms with Crippen molar-refractivity contribution in [3.8, 4) is 27.8 Å². The highest BCUT2D eigenvalue weighted by molar-refractivity contribution is 7.91. The summed E-state index contributed by atoms with van der Waals surface area (Å²) in [6.45, 7) is 1.28. The van der Waals surface area contributed by atoms with Gasteiger partial charge in [0.05, 0.1) is 32.3 Å². The molecule has 0 aliphatic carbocycles. The van der Waals surface area contributed by atoms with Gasteiger partial charge in [-0.15, -0.1) is 11.3 Å². The summed E-state index contributed by atoms with van der Waals surface area (Å²) in [4.78, 5) is 13.6. The highest BCUT2D eigenvalue weighted by atomic mass is 32.2. The lowest BCUT2D eigenvalue weighted by Gasteiger charge is -2.12. The summed E-state index contributed by atoms with van der Waals surface area (Å²) < 4.78 is 104. The Morgan fingerprint density at radius 3 is 2.21 bits per heavy atom. The lowest BCUT2D eigenvalue weighted by Crippen LogP contribution is -2.19. The average molecular weight is 506 g/mol. The minimum atomic E-state index is -4.99. The van der Waals surface area contributed by atoms with Crippen molar-refractivity contribution in [2.24, 2.45) is 0 Å². The van der Waals surface area contributed by atoms with Crippen molar-refractivity contribution in [1.29, 1.82) is 5.26 Å². The SMILES string of the molecule is CCS(=O)(=O)c1cc(-c2csc(-c3cc(C(F)(F)F)c(C#N)c(=O)[nH]3)c2)cc(C(F)(F)F)c1. The maximum absolute atomic E-state index is 13.3. The number of H-pyrrole nitrogens is 1. The molecular formula is C20H12F6N2O3S2. The second-order valence-corrected chi connectivity index (χ2v) is 9.95. The summed E-state index contributed by atoms with van der Waals surface area (Å²) in [6, 6.07) is 5.28. The monoisotopic (exact) mass is 506 g/mol. The van der Waals surface area contributed by atoms with Gasteiger partial charge >= 0.3 is 12.4 Å². The number of nitrogens with one attached hydrogen (secondary N) is 1. The van der Waals surface area contributed by atoms with Gasteiger partial charge in [-0.1, -0.05) is 6.92 Å². The van der Waals surface area contributed by atoms with Gasteiger partial charge in [-0.25, -0.2) is 8.42 Å². The van der Waals surface area contributed by atoms with Gasteiger partial charge in [-0.3, -0.25) is 4.79 Å². The largest absolute Gasteiger partial charge is 0.417 e. The molecule has 0 bridgehead atoms. The summed E-state index contributed by atoms with van der Waals surface area (Å²) in [5.41, 5.74) is -5.35. The summed E-state index contributed by atoms with van der Waals surface area (Å²) >= 11 is 0.820. The first-order valence-electron chi connectivity index (χ1n) is 8.96. The van der Waals surface area contributed by atoms with Crippen molar-refractivity contribution in [3.05, 3.63) is 62.8 Å². The number of benzene rings is 1. The zero-order chi connectivity index (χ0) is 24.8. The second-order valence-electron chi connectivity index (χ2n) is 6.76. The van der Waals surface area contributed by atoms with E-state index >= 15 is 0 Å². The number of pyridine rings is 1. The van der Waals surface area contributed by atoms with Crippen LogP contribution >= 0.6 is 11.3 Å². The summed E-state index contributed by atoms with van der Waals surface area (Å²) in [5, 5.41) is 10.2. The number of hydrogen-bond acceptors (Lipinski definition) is 5. The van der Waals surface area contributed by atoms with Crippen molar-refractivity contribution in [2.75, 3.05) is 5.75 Å². The molecular weight excluding hydrogens is 494 g/mol. The molecule has 0 saturated carbocycles. The van der Waals surface area contributed by atoms with Crippen molar-refractivity contribution >= 4 is 21.2 Å². The lowest BCUT2D eigenvalue weighted by atomic mass is 10.0. The molecule has 1 aromatic carbocycles. The standard InChI is InChI=1S/C20H12F6N2O3S2/c1-2-33(30,31)13-4-10(3-12(6-13)19(21,22)23)11-5-17(32-9-11)16-7-15(20(24,25)26)14(8-27)18(29)28-16/h3-7,9H,2H2,1H3,(H,28,29). The van der Waals surface area contributed by atoms with Crippen LogP contribution in [0.3, 0.4) is 0 Å². The molecule has 0 saturated heterocycles. The molecule has 2 heterocycles. The molecule has 5 nitrogen and oxygen atoms in total. The fourth-order valence-electron chi connectivity index (χ4n) is 2.93. The number of aromatic amines is 1. The number of alkyl halides is 6. The predicted molar refractivity (Wildman–Crippen MR) is 108 cm³/mol. The number of halogens is 6. The highest BCUT2D eigenvalue weighted by Gasteiger charge is 2.36. The van der Waals surface area contributed by atoms with E-state index in [1.165, 1.54) is 24.4 Å². The molecule has 3 rings (SSSR count). The Hall–Kier alpha value is -3.11. The number of aromatic nitrogens is 1. The second kappa shape index (κ2) is 8.35. The van der Waals surface area contributed by atoms with Crippen molar-refractivity contribution in [3.63, 3.8) is 0 Å². The molecule has 0 unspecified atom stereocenters. The van der Waals surface area contributed by atoms with E-state index in [0.717, 1.165) is 23.5 Å². The molecule has 0 spiro atoms. The van der Waals surface area contributed by atoms with Crippen LogP contribution in [0.25, 0.3) is 21.7 Å². The Balaban J connectivity index is 2.18. The zero-order valence-corrected chi connectivity index (χ0v) is 18.1. The molecule has 3 aromatic rings. The van der Waals surface area contributed by atoms with Crippen molar-refractivity contribution in [1.82, 2.24) is 4.98 Å². The zero-order valence-electron chi connectivity index (χ0n) is 16.4. The molecule has 0 amide bonds. The third-order valence-electron chi connectivity index (χ3n) is 4.62. The third kappa shape index (κ3) is 4.96. The maximum atomic E-state index is 13.3. The predicted octanol–water partition coefficient (Wildman–Crippen LogP) is 5.47. The van der Waals surface area contributed by atoms with E-state index < -0.39 is 55.1 Å². The molecule has 0 aliphatic heterocycles. The number of hydrogen-bond donors (Lipinski definition) is 1. The Morgan fingerprint density at radius 1 is 1.00 bits per heavy atom. The molecule has 0 aliphatic rings. The van der Waals surface area contributed by atoms with Gasteiger partial charge in [0.15, 0.2) is 9.84 Å². The van der Waals surface area contributed by atoms with Gasteiger partial charge in [0.1, 0.15) is 11.6 Å². The van der Waals surface area contributed by atoms with Crippen LogP contribution in [0, 0.1) is 11.3 Å². The number of rotatable bonds is 4. The highest BCUT2D eigenvalue weighted by Crippen LogP contribution is 2.39. The fraction of sp³-hybridized carbons (Fsp3) is 0.200.